The van der Waals surface area contributed by atoms with Crippen molar-refractivity contribution in [2.24, 2.45) is 0 Å². The van der Waals surface area contributed by atoms with Crippen LogP contribution in [0.15, 0.2) is 77.7 Å². The number of nitrogens with zero attached hydrogens (tertiary/aromatic N) is 1. The predicted octanol–water partition coefficient (Wildman–Crippen LogP) is 4.51. The van der Waals surface area contributed by atoms with Crippen LogP contribution in [-0.2, 0) is 9.84 Å². The quantitative estimate of drug-likeness (QED) is 0.283. The molecule has 0 saturated heterocycles. The Hall–Kier alpha value is -3.65. The molecule has 7 nitrogen and oxygen atoms in total. The van der Waals surface area contributed by atoms with Gasteiger partial charge in [0, 0.05) is 29.7 Å². The van der Waals surface area contributed by atoms with E-state index in [0.717, 1.165) is 17.2 Å². The van der Waals surface area contributed by atoms with Gasteiger partial charge >= 0.3 is 0 Å². The van der Waals surface area contributed by atoms with Gasteiger partial charge in [0.15, 0.2) is 21.4 Å². The zero-order valence-corrected chi connectivity index (χ0v) is 18.3. The Bertz CT molecular complexity index is 1280. The van der Waals surface area contributed by atoms with Gasteiger partial charge in [0.05, 0.1) is 9.82 Å². The molecule has 0 spiro atoms. The van der Waals surface area contributed by atoms with Crippen LogP contribution in [0.4, 0.5) is 5.69 Å². The largest absolute Gasteiger partial charge is 0.294 e. The second-order valence-electron chi connectivity index (χ2n) is 7.51. The van der Waals surface area contributed by atoms with Crippen molar-refractivity contribution in [2.75, 3.05) is 0 Å². The van der Waals surface area contributed by atoms with E-state index in [4.69, 9.17) is 0 Å². The molecular weight excluding hydrogens is 430 g/mol. The monoisotopic (exact) mass is 451 g/mol. The van der Waals surface area contributed by atoms with Gasteiger partial charge in [-0.05, 0) is 26.0 Å². The van der Waals surface area contributed by atoms with Crippen molar-refractivity contribution in [3.63, 3.8) is 0 Å². The highest BCUT2D eigenvalue weighted by Crippen LogP contribution is 2.25. The molecule has 3 aromatic carbocycles. The smallest absolute Gasteiger partial charge is 0.270 e. The molecule has 0 radical (unpaired) electrons. The number of nitro benzene ring substituents is 1. The first-order valence-electron chi connectivity index (χ1n) is 9.78. The van der Waals surface area contributed by atoms with Crippen LogP contribution >= 0.6 is 0 Å². The average molecular weight is 452 g/mol. The number of rotatable bonds is 8. The lowest BCUT2D eigenvalue weighted by Crippen LogP contribution is -2.33. The molecule has 0 aliphatic rings. The maximum absolute atomic E-state index is 13.4. The van der Waals surface area contributed by atoms with E-state index in [1.54, 1.807) is 31.2 Å². The lowest BCUT2D eigenvalue weighted by Gasteiger charge is -2.17. The first-order chi connectivity index (χ1) is 15.1. The fourth-order valence-electron chi connectivity index (χ4n) is 3.22. The lowest BCUT2D eigenvalue weighted by atomic mass is 10.00. The molecule has 164 valence electrons. The molecule has 0 aliphatic heterocycles. The van der Waals surface area contributed by atoms with E-state index in [0.29, 0.717) is 0 Å². The van der Waals surface area contributed by atoms with Crippen molar-refractivity contribution < 1.29 is 22.9 Å². The molecule has 0 unspecified atom stereocenters. The van der Waals surface area contributed by atoms with Crippen molar-refractivity contribution in [3.8, 4) is 0 Å². The van der Waals surface area contributed by atoms with Gasteiger partial charge < -0.3 is 0 Å². The van der Waals surface area contributed by atoms with Gasteiger partial charge in [-0.15, -0.1) is 0 Å². The predicted molar refractivity (Wildman–Crippen MR) is 120 cm³/mol. The summed E-state index contributed by atoms with van der Waals surface area (Å²) in [6.45, 7) is 3.64. The third kappa shape index (κ3) is 4.97. The number of nitro groups is 1. The Balaban J connectivity index is 2.03. The molecule has 32 heavy (non-hydrogen) atoms. The molecular formula is C24H21NO6S. The van der Waals surface area contributed by atoms with E-state index in [9.17, 15) is 28.1 Å². The summed E-state index contributed by atoms with van der Waals surface area (Å²) < 4.78 is 26.8. The van der Waals surface area contributed by atoms with E-state index >= 15 is 0 Å². The Morgan fingerprint density at radius 3 is 2.00 bits per heavy atom. The Morgan fingerprint density at radius 1 is 0.875 bits per heavy atom. The minimum atomic E-state index is -4.21. The van der Waals surface area contributed by atoms with E-state index in [1.807, 2.05) is 6.92 Å². The van der Waals surface area contributed by atoms with Gasteiger partial charge in [-0.2, -0.15) is 0 Å². The summed E-state index contributed by atoms with van der Waals surface area (Å²) in [4.78, 5) is 36.5. The summed E-state index contributed by atoms with van der Waals surface area (Å²) in [7, 11) is -4.21. The SMILES string of the molecule is Cc1ccc(C(=O)[C@H](CC(=O)c2cccc([N+](=O)[O-])c2)S(=O)(=O)c2ccc(C)cc2)cc1. The van der Waals surface area contributed by atoms with Gasteiger partial charge in [0.1, 0.15) is 5.25 Å². The van der Waals surface area contributed by atoms with Crippen molar-refractivity contribution in [1.29, 1.82) is 0 Å². The topological polar surface area (TPSA) is 111 Å². The Labute approximate surface area is 185 Å². The molecule has 0 saturated carbocycles. The van der Waals surface area contributed by atoms with Gasteiger partial charge in [-0.1, -0.05) is 59.7 Å². The molecule has 8 heteroatoms. The standard InChI is InChI=1S/C24H21NO6S/c1-16-6-10-18(11-7-16)24(27)23(32(30,31)21-12-8-17(2)9-13-21)15-22(26)19-4-3-5-20(14-19)25(28)29/h3-14,23H,15H2,1-2H3/t23-/m0/s1. The fourth-order valence-corrected chi connectivity index (χ4v) is 4.85. The number of ketones is 2. The van der Waals surface area contributed by atoms with Crippen LogP contribution in [0.5, 0.6) is 0 Å². The van der Waals surface area contributed by atoms with Crippen LogP contribution in [0.25, 0.3) is 0 Å². The number of benzene rings is 3. The first kappa shape index (κ1) is 23.0. The van der Waals surface area contributed by atoms with Crippen LogP contribution in [0.1, 0.15) is 38.3 Å². The summed E-state index contributed by atoms with van der Waals surface area (Å²) in [6, 6.07) is 17.5. The van der Waals surface area contributed by atoms with Gasteiger partial charge in [-0.3, -0.25) is 19.7 Å². The number of hydrogen-bond donors (Lipinski definition) is 0. The Kier molecular flexibility index (Phi) is 6.64. The van der Waals surface area contributed by atoms with E-state index in [-0.39, 0.29) is 21.7 Å². The highest BCUT2D eigenvalue weighted by molar-refractivity contribution is 7.92. The second kappa shape index (κ2) is 9.23. The van der Waals surface area contributed by atoms with Crippen molar-refractivity contribution in [2.45, 2.75) is 30.4 Å². The molecule has 0 heterocycles. The number of hydrogen-bond acceptors (Lipinski definition) is 6. The van der Waals surface area contributed by atoms with Crippen LogP contribution in [0, 0.1) is 24.0 Å². The first-order valence-corrected chi connectivity index (χ1v) is 11.3. The average Bonchev–Trinajstić information content (AvgIpc) is 2.77. The maximum Gasteiger partial charge on any atom is 0.270 e. The van der Waals surface area contributed by atoms with Crippen molar-refractivity contribution in [1.82, 2.24) is 0 Å². The van der Waals surface area contributed by atoms with E-state index < -0.39 is 38.0 Å². The molecule has 3 aromatic rings. The highest BCUT2D eigenvalue weighted by atomic mass is 32.2. The third-order valence-corrected chi connectivity index (χ3v) is 7.16. The number of carbonyl (C=O) groups excluding carboxylic acids is 2. The van der Waals surface area contributed by atoms with Gasteiger partial charge in [0.25, 0.3) is 5.69 Å². The van der Waals surface area contributed by atoms with Crippen LogP contribution in [0.2, 0.25) is 0 Å². The molecule has 0 N–H and O–H groups in total. The molecule has 1 atom stereocenters. The molecule has 0 bridgehead atoms. The van der Waals surface area contributed by atoms with E-state index in [1.165, 1.54) is 42.5 Å². The molecule has 0 aliphatic carbocycles. The summed E-state index contributed by atoms with van der Waals surface area (Å²) in [5, 5.41) is 9.37. The minimum absolute atomic E-state index is 0.0278. The summed E-state index contributed by atoms with van der Waals surface area (Å²) >= 11 is 0. The van der Waals surface area contributed by atoms with Crippen LogP contribution in [-0.4, -0.2) is 30.2 Å². The van der Waals surface area contributed by atoms with Crippen molar-refractivity contribution >= 4 is 27.1 Å². The molecule has 3 rings (SSSR count). The molecule has 0 amide bonds. The fraction of sp³-hybridized carbons (Fsp3) is 0.167. The number of non-ortho nitro benzene ring substituents is 1. The second-order valence-corrected chi connectivity index (χ2v) is 9.64. The van der Waals surface area contributed by atoms with Crippen LogP contribution in [0.3, 0.4) is 0 Å². The zero-order chi connectivity index (χ0) is 23.5. The third-order valence-electron chi connectivity index (χ3n) is 5.10. The van der Waals surface area contributed by atoms with E-state index in [2.05, 4.69) is 0 Å². The zero-order valence-electron chi connectivity index (χ0n) is 17.5. The highest BCUT2D eigenvalue weighted by Gasteiger charge is 2.36. The number of aryl methyl sites for hydroxylation is 2. The van der Waals surface area contributed by atoms with Crippen molar-refractivity contribution in [3.05, 3.63) is 105 Å². The maximum atomic E-state index is 13.4. The normalized spacial score (nSPS) is 12.2. The summed E-state index contributed by atoms with van der Waals surface area (Å²) in [5.74, 6) is -1.38. The summed E-state index contributed by atoms with van der Waals surface area (Å²) in [6.07, 6.45) is -0.635. The minimum Gasteiger partial charge on any atom is -0.294 e. The number of carbonyl (C=O) groups is 2. The molecule has 0 fully saturated rings. The Morgan fingerprint density at radius 2 is 1.44 bits per heavy atom. The summed E-state index contributed by atoms with van der Waals surface area (Å²) in [5.41, 5.74) is 1.59. The number of Topliss-reactive ketones (excluding diaryl/α,β-unsaturated/α-hetero) is 2. The van der Waals surface area contributed by atoms with Crippen LogP contribution < -0.4 is 0 Å². The van der Waals surface area contributed by atoms with Gasteiger partial charge in [0.2, 0.25) is 0 Å². The number of sulfone groups is 1. The lowest BCUT2D eigenvalue weighted by molar-refractivity contribution is -0.384. The molecule has 0 aromatic heterocycles. The van der Waals surface area contributed by atoms with Gasteiger partial charge in [-0.25, -0.2) is 8.42 Å².